The number of amides is 1. The summed E-state index contributed by atoms with van der Waals surface area (Å²) in [7, 11) is 0. The largest absolute Gasteiger partial charge is 0.490 e. The second-order valence-electron chi connectivity index (χ2n) is 6.19. The maximum atomic E-state index is 12.1. The van der Waals surface area contributed by atoms with Gasteiger partial charge in [0.15, 0.2) is 0 Å². The van der Waals surface area contributed by atoms with Gasteiger partial charge in [-0.05, 0) is 49.2 Å². The molecule has 1 amide bonds. The molecule has 5 nitrogen and oxygen atoms in total. The minimum absolute atomic E-state index is 0.0361. The van der Waals surface area contributed by atoms with Crippen LogP contribution in [0.1, 0.15) is 17.5 Å². The molecule has 0 aliphatic carbocycles. The van der Waals surface area contributed by atoms with Crippen molar-refractivity contribution in [3.8, 4) is 5.75 Å². The fourth-order valence-corrected chi connectivity index (χ4v) is 3.86. The number of fused-ring (bicyclic) bond motifs is 1. The van der Waals surface area contributed by atoms with Crippen LogP contribution in [0.15, 0.2) is 47.4 Å². The highest BCUT2D eigenvalue weighted by atomic mass is 32.2. The Hall–Kier alpha value is -2.47. The van der Waals surface area contributed by atoms with Gasteiger partial charge in [-0.3, -0.25) is 9.59 Å². The quantitative estimate of drug-likeness (QED) is 0.619. The number of thioether (sulfide) groups is 1. The molecule has 0 bridgehead atoms. The van der Waals surface area contributed by atoms with Gasteiger partial charge in [0.1, 0.15) is 19.0 Å². The van der Waals surface area contributed by atoms with E-state index in [0.717, 1.165) is 27.5 Å². The Bertz CT molecular complexity index is 801. The Labute approximate surface area is 157 Å². The molecule has 1 atom stereocenters. The Morgan fingerprint density at radius 1 is 1.12 bits per heavy atom. The second kappa shape index (κ2) is 8.27. The van der Waals surface area contributed by atoms with Crippen molar-refractivity contribution in [1.29, 1.82) is 0 Å². The van der Waals surface area contributed by atoms with Crippen molar-refractivity contribution in [2.45, 2.75) is 30.4 Å². The summed E-state index contributed by atoms with van der Waals surface area (Å²) in [5.41, 5.74) is 3.03. The molecule has 1 aliphatic heterocycles. The van der Waals surface area contributed by atoms with Gasteiger partial charge in [0.05, 0.1) is 17.4 Å². The number of benzene rings is 2. The first-order chi connectivity index (χ1) is 12.5. The number of para-hydroxylation sites is 1. The molecular weight excluding hydrogens is 350 g/mol. The molecule has 0 saturated carbocycles. The van der Waals surface area contributed by atoms with Gasteiger partial charge in [0, 0.05) is 4.90 Å². The molecule has 0 unspecified atom stereocenters. The van der Waals surface area contributed by atoms with Crippen LogP contribution in [0.25, 0.3) is 0 Å². The number of nitrogens with one attached hydrogen (secondary N) is 1. The Morgan fingerprint density at radius 3 is 2.62 bits per heavy atom. The first-order valence-electron chi connectivity index (χ1n) is 8.44. The third-order valence-corrected chi connectivity index (χ3v) is 5.14. The maximum Gasteiger partial charge on any atom is 0.307 e. The molecule has 0 saturated heterocycles. The number of carbonyl (C=O) groups is 2. The normalized spacial score (nSPS) is 15.8. The first kappa shape index (κ1) is 18.3. The number of hydrogen-bond donors (Lipinski definition) is 1. The van der Waals surface area contributed by atoms with E-state index in [4.69, 9.17) is 9.47 Å². The molecule has 6 heteroatoms. The van der Waals surface area contributed by atoms with E-state index in [1.54, 1.807) is 0 Å². The molecule has 0 spiro atoms. The van der Waals surface area contributed by atoms with E-state index in [1.807, 2.05) is 50.2 Å². The van der Waals surface area contributed by atoms with Crippen LogP contribution >= 0.6 is 11.8 Å². The zero-order chi connectivity index (χ0) is 18.5. The topological polar surface area (TPSA) is 64.6 Å². The van der Waals surface area contributed by atoms with Gasteiger partial charge in [-0.25, -0.2) is 0 Å². The SMILES string of the molecule is Cc1cc(C)cc(OCCOC(=O)C[C@@H]2Sc3ccccc3NC2=O)c1. The van der Waals surface area contributed by atoms with Gasteiger partial charge >= 0.3 is 5.97 Å². The van der Waals surface area contributed by atoms with Gasteiger partial charge in [0.2, 0.25) is 5.91 Å². The van der Waals surface area contributed by atoms with Crippen molar-refractivity contribution in [3.05, 3.63) is 53.6 Å². The summed E-state index contributed by atoms with van der Waals surface area (Å²) < 4.78 is 10.8. The molecule has 2 aromatic carbocycles. The summed E-state index contributed by atoms with van der Waals surface area (Å²) in [6, 6.07) is 13.5. The Morgan fingerprint density at radius 2 is 1.85 bits per heavy atom. The van der Waals surface area contributed by atoms with Crippen LogP contribution < -0.4 is 10.1 Å². The molecule has 1 aliphatic rings. The average molecular weight is 371 g/mol. The summed E-state index contributed by atoms with van der Waals surface area (Å²) >= 11 is 1.39. The number of anilines is 1. The highest BCUT2D eigenvalue weighted by molar-refractivity contribution is 8.01. The lowest BCUT2D eigenvalue weighted by Gasteiger charge is -2.23. The van der Waals surface area contributed by atoms with Gasteiger partial charge < -0.3 is 14.8 Å². The van der Waals surface area contributed by atoms with E-state index >= 15 is 0 Å². The molecule has 1 heterocycles. The Balaban J connectivity index is 1.44. The Kier molecular flexibility index (Phi) is 5.83. The van der Waals surface area contributed by atoms with E-state index in [2.05, 4.69) is 11.4 Å². The summed E-state index contributed by atoms with van der Waals surface area (Å²) in [5, 5.41) is 2.35. The van der Waals surface area contributed by atoms with Crippen LogP contribution in [0.4, 0.5) is 5.69 Å². The van der Waals surface area contributed by atoms with Gasteiger partial charge in [0.25, 0.3) is 0 Å². The van der Waals surface area contributed by atoms with E-state index < -0.39 is 11.2 Å². The van der Waals surface area contributed by atoms with Crippen molar-refractivity contribution >= 4 is 29.3 Å². The lowest BCUT2D eigenvalue weighted by Crippen LogP contribution is -2.31. The predicted molar refractivity (Wildman–Crippen MR) is 102 cm³/mol. The van der Waals surface area contributed by atoms with Crippen LogP contribution in [0.3, 0.4) is 0 Å². The summed E-state index contributed by atoms with van der Waals surface area (Å²) in [4.78, 5) is 25.1. The molecule has 1 N–H and O–H groups in total. The molecule has 2 aromatic rings. The fraction of sp³-hybridized carbons (Fsp3) is 0.300. The highest BCUT2D eigenvalue weighted by Crippen LogP contribution is 2.36. The van der Waals surface area contributed by atoms with Crippen molar-refractivity contribution in [1.82, 2.24) is 0 Å². The number of esters is 1. The number of hydrogen-bond acceptors (Lipinski definition) is 5. The lowest BCUT2D eigenvalue weighted by atomic mass is 10.1. The van der Waals surface area contributed by atoms with Gasteiger partial charge in [-0.2, -0.15) is 0 Å². The number of rotatable bonds is 6. The molecule has 0 radical (unpaired) electrons. The molecule has 3 rings (SSSR count). The van der Waals surface area contributed by atoms with Crippen LogP contribution in [0.5, 0.6) is 5.75 Å². The molecule has 136 valence electrons. The van der Waals surface area contributed by atoms with E-state index in [0.29, 0.717) is 0 Å². The monoisotopic (exact) mass is 371 g/mol. The third-order valence-electron chi connectivity index (χ3n) is 3.87. The van der Waals surface area contributed by atoms with Crippen LogP contribution in [0, 0.1) is 13.8 Å². The third kappa shape index (κ3) is 4.79. The zero-order valence-corrected chi connectivity index (χ0v) is 15.6. The molecule has 0 fully saturated rings. The average Bonchev–Trinajstić information content (AvgIpc) is 2.58. The zero-order valence-electron chi connectivity index (χ0n) is 14.8. The van der Waals surface area contributed by atoms with Gasteiger partial charge in [-0.1, -0.05) is 18.2 Å². The van der Waals surface area contributed by atoms with E-state index in [1.165, 1.54) is 11.8 Å². The highest BCUT2D eigenvalue weighted by Gasteiger charge is 2.29. The number of ether oxygens (including phenoxy) is 2. The van der Waals surface area contributed by atoms with Crippen LogP contribution in [-0.2, 0) is 14.3 Å². The molecule has 26 heavy (non-hydrogen) atoms. The van der Waals surface area contributed by atoms with Crippen LogP contribution in [-0.4, -0.2) is 30.3 Å². The van der Waals surface area contributed by atoms with Crippen LogP contribution in [0.2, 0.25) is 0 Å². The fourth-order valence-electron chi connectivity index (χ4n) is 2.77. The van der Waals surface area contributed by atoms with Crippen molar-refractivity contribution in [2.75, 3.05) is 18.5 Å². The predicted octanol–water partition coefficient (Wildman–Crippen LogP) is 3.73. The number of carbonyl (C=O) groups excluding carboxylic acids is 2. The van der Waals surface area contributed by atoms with Crippen molar-refractivity contribution in [3.63, 3.8) is 0 Å². The maximum absolute atomic E-state index is 12.1. The smallest absolute Gasteiger partial charge is 0.307 e. The van der Waals surface area contributed by atoms with E-state index in [-0.39, 0.29) is 25.5 Å². The first-order valence-corrected chi connectivity index (χ1v) is 9.32. The standard InChI is InChI=1S/C20H21NO4S/c1-13-9-14(2)11-15(10-13)24-7-8-25-19(22)12-18-20(23)21-16-5-3-4-6-17(16)26-18/h3-6,9-11,18H,7-8,12H2,1-2H3,(H,21,23)/t18-/m0/s1. The summed E-state index contributed by atoms with van der Waals surface area (Å²) in [6.45, 7) is 4.44. The minimum atomic E-state index is -0.474. The minimum Gasteiger partial charge on any atom is -0.490 e. The summed E-state index contributed by atoms with van der Waals surface area (Å²) in [5.74, 6) is 0.190. The molecular formula is C20H21NO4S. The summed E-state index contributed by atoms with van der Waals surface area (Å²) in [6.07, 6.45) is 0.0361. The van der Waals surface area contributed by atoms with Crippen molar-refractivity contribution < 1.29 is 19.1 Å². The lowest BCUT2D eigenvalue weighted by molar-refractivity contribution is -0.145. The van der Waals surface area contributed by atoms with Gasteiger partial charge in [-0.15, -0.1) is 11.8 Å². The second-order valence-corrected chi connectivity index (χ2v) is 7.43. The molecule has 0 aromatic heterocycles. The number of aryl methyl sites for hydroxylation is 2. The van der Waals surface area contributed by atoms with Crippen molar-refractivity contribution in [2.24, 2.45) is 0 Å². The van der Waals surface area contributed by atoms with E-state index in [9.17, 15) is 9.59 Å².